The van der Waals surface area contributed by atoms with Crippen LogP contribution in [0.2, 0.25) is 0 Å². The standard InChI is InChI=1S/C10H16O7S/c11-9(12)7-3-1-2-4-8(7)10(13)17-5-6-18(14,15)16/h7-8H,1-6H2,(H,11,12)(H,14,15,16). The molecule has 0 saturated heterocycles. The monoisotopic (exact) mass is 280 g/mol. The number of carbonyl (C=O) groups is 2. The van der Waals surface area contributed by atoms with E-state index in [2.05, 4.69) is 0 Å². The molecule has 0 radical (unpaired) electrons. The Kier molecular flexibility index (Phi) is 5.09. The van der Waals surface area contributed by atoms with Crippen LogP contribution in [0.15, 0.2) is 0 Å². The summed E-state index contributed by atoms with van der Waals surface area (Å²) in [6, 6.07) is 0. The molecule has 0 bridgehead atoms. The molecule has 18 heavy (non-hydrogen) atoms. The second kappa shape index (κ2) is 6.14. The van der Waals surface area contributed by atoms with Gasteiger partial charge in [0, 0.05) is 0 Å². The molecule has 8 heteroatoms. The Labute approximate surface area is 105 Å². The summed E-state index contributed by atoms with van der Waals surface area (Å²) in [6.07, 6.45) is 2.36. The minimum Gasteiger partial charge on any atom is -0.481 e. The number of carbonyl (C=O) groups excluding carboxylic acids is 1. The number of esters is 1. The summed E-state index contributed by atoms with van der Waals surface area (Å²) in [7, 11) is -4.17. The molecular weight excluding hydrogens is 264 g/mol. The van der Waals surface area contributed by atoms with Crippen molar-refractivity contribution in [1.82, 2.24) is 0 Å². The van der Waals surface area contributed by atoms with Gasteiger partial charge >= 0.3 is 11.9 Å². The summed E-state index contributed by atoms with van der Waals surface area (Å²) in [5.74, 6) is -3.91. The summed E-state index contributed by atoms with van der Waals surface area (Å²) in [4.78, 5) is 22.6. The number of ether oxygens (including phenoxy) is 1. The van der Waals surface area contributed by atoms with Crippen LogP contribution in [0, 0.1) is 11.8 Å². The summed E-state index contributed by atoms with van der Waals surface area (Å²) < 4.78 is 34.0. The quantitative estimate of drug-likeness (QED) is 0.549. The lowest BCUT2D eigenvalue weighted by Crippen LogP contribution is -2.34. The van der Waals surface area contributed by atoms with Crippen LogP contribution in [0.4, 0.5) is 0 Å². The second-order valence-corrected chi connectivity index (χ2v) is 5.86. The van der Waals surface area contributed by atoms with Crippen molar-refractivity contribution in [1.29, 1.82) is 0 Å². The van der Waals surface area contributed by atoms with Gasteiger partial charge in [0.15, 0.2) is 0 Å². The summed E-state index contributed by atoms with van der Waals surface area (Å²) in [6.45, 7) is -0.458. The third kappa shape index (κ3) is 4.61. The molecule has 1 saturated carbocycles. The first kappa shape index (κ1) is 14.9. The lowest BCUT2D eigenvalue weighted by atomic mass is 9.79. The predicted octanol–water partition coefficient (Wildman–Crippen LogP) is 0.308. The van der Waals surface area contributed by atoms with E-state index >= 15 is 0 Å². The number of rotatable bonds is 5. The van der Waals surface area contributed by atoms with Crippen molar-refractivity contribution in [3.8, 4) is 0 Å². The van der Waals surface area contributed by atoms with Crippen LogP contribution >= 0.6 is 0 Å². The Bertz CT molecular complexity index is 414. The van der Waals surface area contributed by atoms with Crippen LogP contribution in [0.1, 0.15) is 25.7 Å². The first-order valence-electron chi connectivity index (χ1n) is 5.66. The van der Waals surface area contributed by atoms with Gasteiger partial charge in [-0.1, -0.05) is 12.8 Å². The molecule has 1 fully saturated rings. The zero-order valence-electron chi connectivity index (χ0n) is 9.74. The third-order valence-corrected chi connectivity index (χ3v) is 3.65. The minimum atomic E-state index is -4.17. The van der Waals surface area contributed by atoms with Gasteiger partial charge in [0.25, 0.3) is 10.1 Å². The zero-order valence-corrected chi connectivity index (χ0v) is 10.6. The van der Waals surface area contributed by atoms with Crippen LogP contribution < -0.4 is 0 Å². The average molecular weight is 280 g/mol. The van der Waals surface area contributed by atoms with E-state index in [9.17, 15) is 18.0 Å². The number of hydrogen-bond donors (Lipinski definition) is 2. The van der Waals surface area contributed by atoms with Gasteiger partial charge in [-0.3, -0.25) is 14.1 Å². The van der Waals surface area contributed by atoms with Gasteiger partial charge in [-0.2, -0.15) is 8.42 Å². The van der Waals surface area contributed by atoms with Crippen LogP contribution in [0.5, 0.6) is 0 Å². The highest BCUT2D eigenvalue weighted by Crippen LogP contribution is 2.31. The topological polar surface area (TPSA) is 118 Å². The van der Waals surface area contributed by atoms with E-state index in [0.29, 0.717) is 12.8 Å². The van der Waals surface area contributed by atoms with Crippen molar-refractivity contribution in [3.63, 3.8) is 0 Å². The maximum atomic E-state index is 11.6. The van der Waals surface area contributed by atoms with E-state index in [4.69, 9.17) is 14.4 Å². The van der Waals surface area contributed by atoms with E-state index in [-0.39, 0.29) is 0 Å². The highest BCUT2D eigenvalue weighted by molar-refractivity contribution is 7.85. The van der Waals surface area contributed by atoms with Gasteiger partial charge in [0.2, 0.25) is 0 Å². The molecule has 2 unspecified atom stereocenters. The van der Waals surface area contributed by atoms with Crippen molar-refractivity contribution in [2.45, 2.75) is 25.7 Å². The number of carboxylic acids is 1. The molecular formula is C10H16O7S. The predicted molar refractivity (Wildman–Crippen MR) is 60.5 cm³/mol. The number of hydrogen-bond acceptors (Lipinski definition) is 5. The first-order valence-corrected chi connectivity index (χ1v) is 7.27. The van der Waals surface area contributed by atoms with Gasteiger partial charge in [-0.15, -0.1) is 0 Å². The number of carboxylic acid groups (broad SMARTS) is 1. The Morgan fingerprint density at radius 1 is 1.17 bits per heavy atom. The Morgan fingerprint density at radius 2 is 1.72 bits per heavy atom. The van der Waals surface area contributed by atoms with Crippen LogP contribution in [0.3, 0.4) is 0 Å². The second-order valence-electron chi connectivity index (χ2n) is 4.29. The maximum Gasteiger partial charge on any atom is 0.309 e. The first-order chi connectivity index (χ1) is 8.31. The molecule has 0 amide bonds. The molecule has 1 aliphatic carbocycles. The Hall–Kier alpha value is -1.15. The molecule has 104 valence electrons. The lowest BCUT2D eigenvalue weighted by molar-refractivity contribution is -0.159. The van der Waals surface area contributed by atoms with Crippen LogP contribution in [-0.2, 0) is 24.4 Å². The van der Waals surface area contributed by atoms with Gasteiger partial charge in [0.05, 0.1) is 11.8 Å². The van der Waals surface area contributed by atoms with Crippen molar-refractivity contribution in [2.75, 3.05) is 12.4 Å². The molecule has 0 heterocycles. The van der Waals surface area contributed by atoms with Crippen LogP contribution in [-0.4, -0.2) is 42.4 Å². The van der Waals surface area contributed by atoms with Crippen molar-refractivity contribution in [3.05, 3.63) is 0 Å². The molecule has 2 N–H and O–H groups in total. The van der Waals surface area contributed by atoms with E-state index in [1.165, 1.54) is 0 Å². The SMILES string of the molecule is O=C(O)C1CCCCC1C(=O)OCCS(=O)(=O)O. The minimum absolute atomic E-state index is 0.424. The highest BCUT2D eigenvalue weighted by atomic mass is 32.2. The largest absolute Gasteiger partial charge is 0.481 e. The van der Waals surface area contributed by atoms with E-state index in [1.54, 1.807) is 0 Å². The molecule has 0 aromatic carbocycles. The molecule has 7 nitrogen and oxygen atoms in total. The highest BCUT2D eigenvalue weighted by Gasteiger charge is 2.36. The van der Waals surface area contributed by atoms with Crippen molar-refractivity contribution < 1.29 is 32.4 Å². The molecule has 0 aromatic heterocycles. The molecule has 2 atom stereocenters. The van der Waals surface area contributed by atoms with Crippen LogP contribution in [0.25, 0.3) is 0 Å². The van der Waals surface area contributed by atoms with E-state index < -0.39 is 46.3 Å². The fourth-order valence-electron chi connectivity index (χ4n) is 2.06. The fourth-order valence-corrected chi connectivity index (χ4v) is 2.36. The molecule has 0 spiro atoms. The molecule has 1 aliphatic rings. The Balaban J connectivity index is 2.51. The summed E-state index contributed by atoms with van der Waals surface area (Å²) in [5, 5.41) is 8.97. The average Bonchev–Trinajstić information content (AvgIpc) is 2.27. The zero-order chi connectivity index (χ0) is 13.8. The summed E-state index contributed by atoms with van der Waals surface area (Å²) in [5.41, 5.74) is 0. The third-order valence-electron chi connectivity index (χ3n) is 2.97. The molecule has 1 rings (SSSR count). The molecule has 0 aromatic rings. The van der Waals surface area contributed by atoms with Gasteiger partial charge in [-0.05, 0) is 12.8 Å². The van der Waals surface area contributed by atoms with Gasteiger partial charge in [-0.25, -0.2) is 0 Å². The van der Waals surface area contributed by atoms with Gasteiger partial charge < -0.3 is 9.84 Å². The maximum absolute atomic E-state index is 11.6. The Morgan fingerprint density at radius 3 is 2.22 bits per heavy atom. The number of aliphatic carboxylic acids is 1. The smallest absolute Gasteiger partial charge is 0.309 e. The molecule has 0 aliphatic heterocycles. The fraction of sp³-hybridized carbons (Fsp3) is 0.800. The van der Waals surface area contributed by atoms with Crippen molar-refractivity contribution in [2.24, 2.45) is 11.8 Å². The van der Waals surface area contributed by atoms with Crippen molar-refractivity contribution >= 4 is 22.1 Å². The summed E-state index contributed by atoms with van der Waals surface area (Å²) >= 11 is 0. The van der Waals surface area contributed by atoms with E-state index in [0.717, 1.165) is 12.8 Å². The normalized spacial score (nSPS) is 24.5. The lowest BCUT2D eigenvalue weighted by Gasteiger charge is -2.26. The van der Waals surface area contributed by atoms with Gasteiger partial charge in [0.1, 0.15) is 12.4 Å². The van der Waals surface area contributed by atoms with E-state index in [1.807, 2.05) is 0 Å².